The fraction of sp³-hybridized carbons (Fsp3) is 0.600. The maximum atomic E-state index is 12.9. The van der Waals surface area contributed by atoms with Crippen LogP contribution in [0.3, 0.4) is 0 Å². The third-order valence-electron chi connectivity index (χ3n) is 10.9. The molecule has 2 heterocycles. The fourth-order valence-corrected chi connectivity index (χ4v) is 7.72. The number of hydrogen-bond acceptors (Lipinski definition) is 10. The predicted molar refractivity (Wildman–Crippen MR) is 200 cm³/mol. The van der Waals surface area contributed by atoms with E-state index < -0.39 is 10.8 Å². The first kappa shape index (κ1) is 42.5. The quantitative estimate of drug-likeness (QED) is 0.204. The van der Waals surface area contributed by atoms with Crippen molar-refractivity contribution in [2.75, 3.05) is 54.1 Å². The van der Waals surface area contributed by atoms with Crippen molar-refractivity contribution in [1.82, 2.24) is 10.1 Å². The minimum absolute atomic E-state index is 0.0737. The molecule has 10 nitrogen and oxygen atoms in total. The normalized spacial score (nSPS) is 17.2. The number of ketones is 2. The van der Waals surface area contributed by atoms with Crippen LogP contribution < -0.4 is 0 Å². The van der Waals surface area contributed by atoms with Crippen LogP contribution in [-0.4, -0.2) is 87.7 Å². The van der Waals surface area contributed by atoms with Crippen molar-refractivity contribution in [2.45, 2.75) is 92.9 Å². The second-order valence-corrected chi connectivity index (χ2v) is 14.9. The first-order chi connectivity index (χ1) is 24.1. The molecule has 51 heavy (non-hydrogen) atoms. The summed E-state index contributed by atoms with van der Waals surface area (Å²) >= 11 is 3.53. The summed E-state index contributed by atoms with van der Waals surface area (Å²) in [7, 11) is 4.41. The number of hydroxylamine groups is 4. The van der Waals surface area contributed by atoms with Crippen LogP contribution in [0, 0.1) is 45.4 Å². The molecule has 0 aromatic heterocycles. The van der Waals surface area contributed by atoms with Gasteiger partial charge in [0.2, 0.25) is 0 Å². The highest BCUT2D eigenvalue weighted by atomic mass is 79.9. The molecule has 0 spiro atoms. The number of ether oxygens (including phenoxy) is 2. The number of benzene rings is 2. The van der Waals surface area contributed by atoms with Crippen molar-refractivity contribution >= 4 is 39.4 Å². The Bertz CT molecular complexity index is 1540. The average molecular weight is 774 g/mol. The van der Waals surface area contributed by atoms with Crippen molar-refractivity contribution in [1.29, 1.82) is 0 Å². The van der Waals surface area contributed by atoms with E-state index in [4.69, 9.17) is 19.1 Å². The highest BCUT2D eigenvalue weighted by molar-refractivity contribution is 9.10. The first-order valence-corrected chi connectivity index (χ1v) is 18.6. The van der Waals surface area contributed by atoms with Crippen molar-refractivity contribution in [3.63, 3.8) is 0 Å². The van der Waals surface area contributed by atoms with Gasteiger partial charge in [0.15, 0.2) is 0 Å². The van der Waals surface area contributed by atoms with Gasteiger partial charge in [0, 0.05) is 56.3 Å². The maximum Gasteiger partial charge on any atom is 0.312 e. The summed E-state index contributed by atoms with van der Waals surface area (Å²) < 4.78 is 11.1. The molecule has 0 radical (unpaired) electrons. The molecule has 2 fully saturated rings. The van der Waals surface area contributed by atoms with Gasteiger partial charge in [-0.25, -0.2) is 0 Å². The fourth-order valence-electron chi connectivity index (χ4n) is 7.35. The first-order valence-electron chi connectivity index (χ1n) is 17.8. The molecule has 0 bridgehead atoms. The van der Waals surface area contributed by atoms with Crippen molar-refractivity contribution in [3.8, 4) is 0 Å². The van der Waals surface area contributed by atoms with Crippen molar-refractivity contribution in [2.24, 2.45) is 10.8 Å². The number of rotatable bonds is 13. The SMILES string of the molecule is CCON1CCC(CC(=O)Cc2c(C)ccc(Br)c2C)(C(=O)OC)CC1.COC(=O)C1(CC(=O)Cc2c(C)ccc(C)c2C)CCN(OC)CC1. The molecule has 0 atom stereocenters. The predicted octanol–water partition coefficient (Wildman–Crippen LogP) is 6.70. The summed E-state index contributed by atoms with van der Waals surface area (Å²) in [5.41, 5.74) is 6.29. The molecule has 2 aromatic carbocycles. The lowest BCUT2D eigenvalue weighted by Crippen LogP contribution is -2.46. The Morgan fingerprint density at radius 1 is 0.647 bits per heavy atom. The van der Waals surface area contributed by atoms with E-state index in [-0.39, 0.29) is 36.3 Å². The van der Waals surface area contributed by atoms with Crippen molar-refractivity contribution < 1.29 is 38.3 Å². The molecule has 0 saturated carbocycles. The van der Waals surface area contributed by atoms with Gasteiger partial charge in [0.05, 0.1) is 38.8 Å². The van der Waals surface area contributed by atoms with Gasteiger partial charge in [0.1, 0.15) is 11.6 Å². The van der Waals surface area contributed by atoms with Crippen LogP contribution in [0.4, 0.5) is 0 Å². The Kier molecular flexibility index (Phi) is 16.0. The number of esters is 2. The second kappa shape index (κ2) is 19.2. The zero-order chi connectivity index (χ0) is 37.9. The van der Waals surface area contributed by atoms with E-state index >= 15 is 0 Å². The number of hydrogen-bond donors (Lipinski definition) is 0. The maximum absolute atomic E-state index is 12.9. The van der Waals surface area contributed by atoms with Gasteiger partial charge in [-0.15, -0.1) is 0 Å². The molecule has 11 heteroatoms. The number of halogens is 1. The monoisotopic (exact) mass is 772 g/mol. The largest absolute Gasteiger partial charge is 0.469 e. The lowest BCUT2D eigenvalue weighted by atomic mass is 9.74. The van der Waals surface area contributed by atoms with Gasteiger partial charge in [-0.3, -0.25) is 24.0 Å². The number of nitrogens with zero attached hydrogens (tertiary/aromatic N) is 2. The van der Waals surface area contributed by atoms with Crippen LogP contribution in [0.2, 0.25) is 0 Å². The third kappa shape index (κ3) is 10.8. The van der Waals surface area contributed by atoms with E-state index in [2.05, 4.69) is 41.9 Å². The van der Waals surface area contributed by atoms with Gasteiger partial charge in [-0.1, -0.05) is 34.1 Å². The van der Waals surface area contributed by atoms with Gasteiger partial charge < -0.3 is 14.3 Å². The molecule has 2 aromatic rings. The lowest BCUT2D eigenvalue weighted by Gasteiger charge is -2.38. The minimum atomic E-state index is -0.743. The molecule has 0 N–H and O–H groups in total. The van der Waals surface area contributed by atoms with E-state index in [1.54, 1.807) is 7.11 Å². The second-order valence-electron chi connectivity index (χ2n) is 14.1. The Hall–Kier alpha value is -2.96. The lowest BCUT2D eigenvalue weighted by molar-refractivity contribution is -0.190. The van der Waals surface area contributed by atoms with Crippen molar-refractivity contribution in [3.05, 3.63) is 67.7 Å². The third-order valence-corrected chi connectivity index (χ3v) is 11.7. The standard InChI is InChI=1S/C20H28BrNO4.C20H29NO4/c1-5-26-22-10-8-20(9-11-22,19(24)25-4)13-16(23)12-17-14(2)6-7-18(21)15(17)3;1-14-6-7-15(2)18(16(14)3)12-17(22)13-20(19(23)24-4)8-10-21(25-5)11-9-20/h6-7H,5,8-13H2,1-4H3;6-7H,8-13H2,1-5H3. The zero-order valence-electron chi connectivity index (χ0n) is 32.0. The van der Waals surface area contributed by atoms with E-state index in [0.29, 0.717) is 71.3 Å². The summed E-state index contributed by atoms with van der Waals surface area (Å²) in [4.78, 5) is 61.4. The summed E-state index contributed by atoms with van der Waals surface area (Å²) in [6.45, 7) is 15.2. The number of carbonyl (C=O) groups excluding carboxylic acids is 4. The Morgan fingerprint density at radius 2 is 1.06 bits per heavy atom. The van der Waals surface area contributed by atoms with E-state index in [1.807, 2.05) is 50.0 Å². The van der Waals surface area contributed by atoms with E-state index in [1.165, 1.54) is 19.8 Å². The van der Waals surface area contributed by atoms with Gasteiger partial charge in [-0.05, 0) is 112 Å². The number of aryl methyl sites for hydroxylation is 3. The molecule has 0 amide bonds. The molecule has 0 aliphatic carbocycles. The summed E-state index contributed by atoms with van der Waals surface area (Å²) in [5, 5.41) is 3.69. The van der Waals surface area contributed by atoms with E-state index in [0.717, 1.165) is 37.9 Å². The smallest absolute Gasteiger partial charge is 0.312 e. The Labute approximate surface area is 312 Å². The number of methoxy groups -OCH3 is 2. The number of piperidine rings is 2. The molecule has 0 unspecified atom stereocenters. The molecule has 2 saturated heterocycles. The number of Topliss-reactive ketones (excluding diaryl/α,β-unsaturated/α-hetero) is 2. The highest BCUT2D eigenvalue weighted by Crippen LogP contribution is 2.39. The Balaban J connectivity index is 0.000000276. The van der Waals surface area contributed by atoms with Crippen LogP contribution >= 0.6 is 15.9 Å². The molecule has 4 rings (SSSR count). The van der Waals surface area contributed by atoms with Gasteiger partial charge in [0.25, 0.3) is 0 Å². The van der Waals surface area contributed by atoms with Crippen LogP contribution in [0.1, 0.15) is 84.4 Å². The highest BCUT2D eigenvalue weighted by Gasteiger charge is 2.45. The number of carbonyl (C=O) groups is 4. The molecule has 2 aliphatic heterocycles. The van der Waals surface area contributed by atoms with Gasteiger partial charge >= 0.3 is 11.9 Å². The van der Waals surface area contributed by atoms with Gasteiger partial charge in [-0.2, -0.15) is 10.1 Å². The summed E-state index contributed by atoms with van der Waals surface area (Å²) in [6.07, 6.45) is 3.44. The van der Waals surface area contributed by atoms with Crippen LogP contribution in [0.25, 0.3) is 0 Å². The topological polar surface area (TPSA) is 112 Å². The van der Waals surface area contributed by atoms with Crippen LogP contribution in [-0.2, 0) is 51.2 Å². The van der Waals surface area contributed by atoms with Crippen LogP contribution in [0.5, 0.6) is 0 Å². The van der Waals surface area contributed by atoms with E-state index in [9.17, 15) is 19.2 Å². The average Bonchev–Trinajstić information content (AvgIpc) is 3.12. The molecular formula is C40H57BrN2O8. The molecule has 282 valence electrons. The van der Waals surface area contributed by atoms with Crippen LogP contribution in [0.15, 0.2) is 28.7 Å². The summed E-state index contributed by atoms with van der Waals surface area (Å²) in [5.74, 6) is -0.406. The summed E-state index contributed by atoms with van der Waals surface area (Å²) in [6, 6.07) is 8.14. The molecule has 2 aliphatic rings. The minimum Gasteiger partial charge on any atom is -0.469 e. The zero-order valence-corrected chi connectivity index (χ0v) is 33.6. The Morgan fingerprint density at radius 3 is 1.49 bits per heavy atom. The molecular weight excluding hydrogens is 716 g/mol.